The predicted octanol–water partition coefficient (Wildman–Crippen LogP) is 5.19. The van der Waals surface area contributed by atoms with Gasteiger partial charge in [-0.25, -0.2) is 4.39 Å². The van der Waals surface area contributed by atoms with E-state index in [9.17, 15) is 4.39 Å². The second-order valence-electron chi connectivity index (χ2n) is 5.29. The van der Waals surface area contributed by atoms with Crippen molar-refractivity contribution in [3.8, 4) is 0 Å². The lowest BCUT2D eigenvalue weighted by Crippen LogP contribution is -2.18. The number of hydrogen-bond donors (Lipinski definition) is 2. The summed E-state index contributed by atoms with van der Waals surface area (Å²) in [7, 11) is 0. The standard InChI is InChI=1S/C17H13Cl2FN4S/c18-12-5-13(19)7-15(6-12)22-17(25)23-16-8-21-24(10-16)9-11-1-3-14(20)4-2-11/h1-8,10H,9H2,(H2,22,23,25). The molecule has 0 unspecified atom stereocenters. The van der Waals surface area contributed by atoms with Crippen LogP contribution in [0, 0.1) is 5.82 Å². The molecule has 2 N–H and O–H groups in total. The van der Waals surface area contributed by atoms with Crippen LogP contribution >= 0.6 is 35.4 Å². The van der Waals surface area contributed by atoms with Gasteiger partial charge in [0.1, 0.15) is 5.82 Å². The smallest absolute Gasteiger partial charge is 0.175 e. The third-order valence-electron chi connectivity index (χ3n) is 3.27. The van der Waals surface area contributed by atoms with Crippen LogP contribution in [-0.2, 0) is 6.54 Å². The van der Waals surface area contributed by atoms with Gasteiger partial charge in [0, 0.05) is 21.9 Å². The van der Waals surface area contributed by atoms with E-state index in [4.69, 9.17) is 35.4 Å². The molecule has 8 heteroatoms. The van der Waals surface area contributed by atoms with Crippen LogP contribution in [0.2, 0.25) is 10.0 Å². The highest BCUT2D eigenvalue weighted by Gasteiger charge is 2.04. The molecular weight excluding hydrogens is 382 g/mol. The quantitative estimate of drug-likeness (QED) is 0.597. The molecule has 1 heterocycles. The van der Waals surface area contributed by atoms with Crippen molar-refractivity contribution in [2.45, 2.75) is 6.54 Å². The topological polar surface area (TPSA) is 41.9 Å². The third-order valence-corrected chi connectivity index (χ3v) is 3.91. The molecule has 0 amide bonds. The van der Waals surface area contributed by atoms with Crippen LogP contribution in [0.3, 0.4) is 0 Å². The monoisotopic (exact) mass is 394 g/mol. The first-order valence-corrected chi connectivity index (χ1v) is 8.45. The average molecular weight is 395 g/mol. The number of anilines is 2. The molecule has 0 saturated heterocycles. The first-order chi connectivity index (χ1) is 12.0. The van der Waals surface area contributed by atoms with Gasteiger partial charge >= 0.3 is 0 Å². The molecule has 1 aromatic heterocycles. The van der Waals surface area contributed by atoms with Crippen LogP contribution in [0.1, 0.15) is 5.56 Å². The lowest BCUT2D eigenvalue weighted by molar-refractivity contribution is 0.624. The molecule has 0 bridgehead atoms. The van der Waals surface area contributed by atoms with E-state index in [-0.39, 0.29) is 5.82 Å². The van der Waals surface area contributed by atoms with E-state index in [1.54, 1.807) is 41.2 Å². The van der Waals surface area contributed by atoms with E-state index < -0.39 is 0 Å². The Bertz CT molecular complexity index is 876. The summed E-state index contributed by atoms with van der Waals surface area (Å²) in [6.07, 6.45) is 3.46. The van der Waals surface area contributed by atoms with Gasteiger partial charge in [0.2, 0.25) is 0 Å². The van der Waals surface area contributed by atoms with Crippen molar-refractivity contribution in [3.63, 3.8) is 0 Å². The minimum absolute atomic E-state index is 0.260. The Hall–Kier alpha value is -2.15. The number of nitrogens with one attached hydrogen (secondary N) is 2. The summed E-state index contributed by atoms with van der Waals surface area (Å²) in [5.41, 5.74) is 2.37. The molecule has 0 aliphatic heterocycles. The Balaban J connectivity index is 1.60. The number of hydrogen-bond acceptors (Lipinski definition) is 2. The first-order valence-electron chi connectivity index (χ1n) is 7.29. The van der Waals surface area contributed by atoms with Gasteiger partial charge in [-0.3, -0.25) is 4.68 Å². The summed E-state index contributed by atoms with van der Waals surface area (Å²) in [6.45, 7) is 0.534. The average Bonchev–Trinajstić information content (AvgIpc) is 2.95. The van der Waals surface area contributed by atoms with Gasteiger partial charge in [0.05, 0.1) is 18.4 Å². The highest BCUT2D eigenvalue weighted by molar-refractivity contribution is 7.80. The SMILES string of the molecule is Fc1ccc(Cn2cc(NC(=S)Nc3cc(Cl)cc(Cl)c3)cn2)cc1. The van der Waals surface area contributed by atoms with Crippen molar-refractivity contribution in [1.29, 1.82) is 0 Å². The van der Waals surface area contributed by atoms with Crippen LogP contribution in [0.15, 0.2) is 54.9 Å². The Morgan fingerprint density at radius 1 is 1.04 bits per heavy atom. The zero-order valence-corrected chi connectivity index (χ0v) is 15.2. The zero-order valence-electron chi connectivity index (χ0n) is 12.8. The van der Waals surface area contributed by atoms with E-state index in [0.717, 1.165) is 11.3 Å². The molecule has 4 nitrogen and oxygen atoms in total. The van der Waals surface area contributed by atoms with Gasteiger partial charge in [0.25, 0.3) is 0 Å². The maximum atomic E-state index is 12.9. The summed E-state index contributed by atoms with van der Waals surface area (Å²) >= 11 is 17.2. The molecule has 0 atom stereocenters. The molecule has 2 aromatic carbocycles. The Kier molecular flexibility index (Phi) is 5.53. The van der Waals surface area contributed by atoms with Crippen molar-refractivity contribution in [2.24, 2.45) is 0 Å². The molecule has 0 aliphatic rings. The lowest BCUT2D eigenvalue weighted by atomic mass is 10.2. The highest BCUT2D eigenvalue weighted by Crippen LogP contribution is 2.22. The first kappa shape index (κ1) is 17.7. The molecule has 0 saturated carbocycles. The molecule has 3 aromatic rings. The molecule has 0 aliphatic carbocycles. The molecule has 25 heavy (non-hydrogen) atoms. The fraction of sp³-hybridized carbons (Fsp3) is 0.0588. The van der Waals surface area contributed by atoms with Crippen molar-refractivity contribution in [1.82, 2.24) is 9.78 Å². The van der Waals surface area contributed by atoms with Crippen molar-refractivity contribution >= 4 is 51.9 Å². The fourth-order valence-electron chi connectivity index (χ4n) is 2.21. The number of benzene rings is 2. The Morgan fingerprint density at radius 3 is 2.36 bits per heavy atom. The summed E-state index contributed by atoms with van der Waals surface area (Å²) in [4.78, 5) is 0. The van der Waals surface area contributed by atoms with Crippen molar-refractivity contribution in [2.75, 3.05) is 10.6 Å². The van der Waals surface area contributed by atoms with Crippen LogP contribution < -0.4 is 10.6 Å². The van der Waals surface area contributed by atoms with Crippen LogP contribution in [0.25, 0.3) is 0 Å². The van der Waals surface area contributed by atoms with Crippen molar-refractivity contribution in [3.05, 3.63) is 76.3 Å². The van der Waals surface area contributed by atoms with Crippen LogP contribution in [-0.4, -0.2) is 14.9 Å². The molecule has 0 spiro atoms. The second-order valence-corrected chi connectivity index (χ2v) is 6.57. The van der Waals surface area contributed by atoms with Crippen LogP contribution in [0.5, 0.6) is 0 Å². The van der Waals surface area contributed by atoms with Gasteiger partial charge < -0.3 is 10.6 Å². The normalized spacial score (nSPS) is 10.5. The molecule has 0 fully saturated rings. The van der Waals surface area contributed by atoms with Gasteiger partial charge in [-0.2, -0.15) is 5.10 Å². The van der Waals surface area contributed by atoms with E-state index in [0.29, 0.717) is 27.4 Å². The number of aromatic nitrogens is 2. The van der Waals surface area contributed by atoms with Gasteiger partial charge in [-0.1, -0.05) is 35.3 Å². The Morgan fingerprint density at radius 2 is 1.68 bits per heavy atom. The maximum absolute atomic E-state index is 12.9. The molecular formula is C17H13Cl2FN4S. The lowest BCUT2D eigenvalue weighted by Gasteiger charge is -2.09. The van der Waals surface area contributed by atoms with Gasteiger partial charge in [-0.15, -0.1) is 0 Å². The summed E-state index contributed by atoms with van der Waals surface area (Å²) in [6, 6.07) is 11.4. The van der Waals surface area contributed by atoms with E-state index >= 15 is 0 Å². The predicted molar refractivity (Wildman–Crippen MR) is 104 cm³/mol. The van der Waals surface area contributed by atoms with Gasteiger partial charge in [-0.05, 0) is 48.1 Å². The van der Waals surface area contributed by atoms with E-state index in [1.807, 2.05) is 6.20 Å². The second kappa shape index (κ2) is 7.82. The molecule has 0 radical (unpaired) electrons. The van der Waals surface area contributed by atoms with Crippen LogP contribution in [0.4, 0.5) is 15.8 Å². The third kappa shape index (κ3) is 5.16. The fourth-order valence-corrected chi connectivity index (χ4v) is 2.97. The Labute approximate surface area is 159 Å². The molecule has 128 valence electrons. The summed E-state index contributed by atoms with van der Waals surface area (Å²) < 4.78 is 14.7. The van der Waals surface area contributed by atoms with E-state index in [1.165, 1.54) is 12.1 Å². The minimum Gasteiger partial charge on any atom is -0.332 e. The molecule has 3 rings (SSSR count). The minimum atomic E-state index is -0.260. The summed E-state index contributed by atoms with van der Waals surface area (Å²) in [5.74, 6) is -0.260. The van der Waals surface area contributed by atoms with Crippen molar-refractivity contribution < 1.29 is 4.39 Å². The van der Waals surface area contributed by atoms with Gasteiger partial charge in [0.15, 0.2) is 5.11 Å². The summed E-state index contributed by atoms with van der Waals surface area (Å²) in [5, 5.41) is 11.7. The highest BCUT2D eigenvalue weighted by atomic mass is 35.5. The number of thiocarbonyl (C=S) groups is 1. The zero-order chi connectivity index (χ0) is 17.8. The van der Waals surface area contributed by atoms with E-state index in [2.05, 4.69) is 15.7 Å². The number of rotatable bonds is 4. The largest absolute Gasteiger partial charge is 0.332 e. The number of nitrogens with zero attached hydrogens (tertiary/aromatic N) is 2. The number of halogens is 3. The maximum Gasteiger partial charge on any atom is 0.175 e.